The lowest BCUT2D eigenvalue weighted by atomic mass is 10.1. The minimum Gasteiger partial charge on any atom is -0.492 e. The molecule has 0 bridgehead atoms. The minimum absolute atomic E-state index is 0.00955. The van der Waals surface area contributed by atoms with Crippen molar-refractivity contribution in [2.75, 3.05) is 19.8 Å². The number of aryl methyl sites for hydroxylation is 2. The highest BCUT2D eigenvalue weighted by molar-refractivity contribution is 5.77. The van der Waals surface area contributed by atoms with E-state index in [-0.39, 0.29) is 12.5 Å². The molecule has 0 aliphatic heterocycles. The number of ether oxygens (including phenoxy) is 2. The van der Waals surface area contributed by atoms with Gasteiger partial charge in [0.05, 0.1) is 6.54 Å². The number of carbonyl (C=O) groups excluding carboxylic acids is 1. The van der Waals surface area contributed by atoms with Crippen LogP contribution in [0.15, 0.2) is 48.5 Å². The molecule has 0 heterocycles. The molecule has 2 aromatic rings. The van der Waals surface area contributed by atoms with Crippen molar-refractivity contribution in [2.24, 2.45) is 0 Å². The number of rotatable bonds is 7. The molecule has 0 aromatic heterocycles. The topological polar surface area (TPSA) is 47.6 Å². The molecule has 2 aromatic carbocycles. The zero-order chi connectivity index (χ0) is 15.8. The highest BCUT2D eigenvalue weighted by atomic mass is 16.5. The summed E-state index contributed by atoms with van der Waals surface area (Å²) in [6.07, 6.45) is 0. The van der Waals surface area contributed by atoms with Crippen LogP contribution < -0.4 is 14.8 Å². The van der Waals surface area contributed by atoms with Crippen LogP contribution >= 0.6 is 0 Å². The van der Waals surface area contributed by atoms with Crippen LogP contribution in [0.25, 0.3) is 0 Å². The summed E-state index contributed by atoms with van der Waals surface area (Å²) in [4.78, 5) is 11.7. The Morgan fingerprint density at radius 2 is 1.82 bits per heavy atom. The van der Waals surface area contributed by atoms with Crippen LogP contribution in [-0.4, -0.2) is 25.7 Å². The number of para-hydroxylation sites is 1. The van der Waals surface area contributed by atoms with E-state index in [1.165, 1.54) is 0 Å². The largest absolute Gasteiger partial charge is 0.492 e. The minimum atomic E-state index is -0.155. The Bertz CT molecular complexity index is 611. The molecule has 0 aliphatic rings. The predicted octanol–water partition coefficient (Wildman–Crippen LogP) is 2.88. The Morgan fingerprint density at radius 3 is 2.59 bits per heavy atom. The zero-order valence-electron chi connectivity index (χ0n) is 13.0. The molecule has 116 valence electrons. The lowest BCUT2D eigenvalue weighted by molar-refractivity contribution is -0.123. The highest BCUT2D eigenvalue weighted by Gasteiger charge is 2.05. The van der Waals surface area contributed by atoms with Crippen molar-refractivity contribution in [1.29, 1.82) is 0 Å². The lowest BCUT2D eigenvalue weighted by Gasteiger charge is -2.11. The van der Waals surface area contributed by atoms with Gasteiger partial charge >= 0.3 is 0 Å². The van der Waals surface area contributed by atoms with E-state index in [1.54, 1.807) is 0 Å². The summed E-state index contributed by atoms with van der Waals surface area (Å²) in [5.74, 6) is 1.39. The summed E-state index contributed by atoms with van der Waals surface area (Å²) in [5.41, 5.74) is 2.13. The average molecular weight is 299 g/mol. The second kappa shape index (κ2) is 8.08. The van der Waals surface area contributed by atoms with Crippen molar-refractivity contribution < 1.29 is 14.3 Å². The number of benzene rings is 2. The molecule has 0 radical (unpaired) electrons. The van der Waals surface area contributed by atoms with Crippen LogP contribution in [0.2, 0.25) is 0 Å². The van der Waals surface area contributed by atoms with Crippen molar-refractivity contribution >= 4 is 5.91 Å². The summed E-state index contributed by atoms with van der Waals surface area (Å²) >= 11 is 0. The smallest absolute Gasteiger partial charge is 0.258 e. The second-order valence-corrected chi connectivity index (χ2v) is 5.07. The quantitative estimate of drug-likeness (QED) is 0.800. The first-order valence-electron chi connectivity index (χ1n) is 7.30. The van der Waals surface area contributed by atoms with E-state index in [0.717, 1.165) is 22.6 Å². The maximum Gasteiger partial charge on any atom is 0.258 e. The van der Waals surface area contributed by atoms with Gasteiger partial charge in [-0.3, -0.25) is 4.79 Å². The van der Waals surface area contributed by atoms with Gasteiger partial charge in [-0.25, -0.2) is 0 Å². The van der Waals surface area contributed by atoms with E-state index in [9.17, 15) is 4.79 Å². The Labute approximate surface area is 131 Å². The first-order chi connectivity index (χ1) is 10.6. The predicted molar refractivity (Wildman–Crippen MR) is 86.4 cm³/mol. The van der Waals surface area contributed by atoms with Gasteiger partial charge in [0, 0.05) is 0 Å². The number of hydrogen-bond acceptors (Lipinski definition) is 3. The molecule has 1 N–H and O–H groups in total. The number of amides is 1. The molecule has 0 spiro atoms. The van der Waals surface area contributed by atoms with Gasteiger partial charge in [-0.1, -0.05) is 30.3 Å². The maximum absolute atomic E-state index is 11.7. The molecule has 2 rings (SSSR count). The van der Waals surface area contributed by atoms with Crippen LogP contribution in [-0.2, 0) is 4.79 Å². The number of hydrogen-bond donors (Lipinski definition) is 1. The number of carbonyl (C=O) groups is 1. The standard InChI is InChI=1S/C18H21NO3/c1-14-8-9-15(2)17(12-14)22-13-18(20)19-10-11-21-16-6-4-3-5-7-16/h3-9,12H,10-11,13H2,1-2H3,(H,19,20). The molecule has 0 fully saturated rings. The van der Waals surface area contributed by atoms with Crippen LogP contribution in [0.5, 0.6) is 11.5 Å². The van der Waals surface area contributed by atoms with Crippen molar-refractivity contribution in [3.8, 4) is 11.5 Å². The molecule has 1 amide bonds. The van der Waals surface area contributed by atoms with Gasteiger partial charge < -0.3 is 14.8 Å². The highest BCUT2D eigenvalue weighted by Crippen LogP contribution is 2.18. The molecule has 0 atom stereocenters. The molecule has 0 saturated carbocycles. The summed E-state index contributed by atoms with van der Waals surface area (Å²) in [5, 5.41) is 2.77. The molecular formula is C18H21NO3. The Morgan fingerprint density at radius 1 is 1.05 bits per heavy atom. The molecule has 0 unspecified atom stereocenters. The van der Waals surface area contributed by atoms with Gasteiger partial charge in [-0.15, -0.1) is 0 Å². The third-order valence-electron chi connectivity index (χ3n) is 3.14. The van der Waals surface area contributed by atoms with Crippen molar-refractivity contribution in [2.45, 2.75) is 13.8 Å². The van der Waals surface area contributed by atoms with Crippen molar-refractivity contribution in [3.63, 3.8) is 0 Å². The van der Waals surface area contributed by atoms with Crippen LogP contribution in [0.4, 0.5) is 0 Å². The van der Waals surface area contributed by atoms with E-state index in [4.69, 9.17) is 9.47 Å². The van der Waals surface area contributed by atoms with Gasteiger partial charge in [0.25, 0.3) is 5.91 Å². The molecule has 4 heteroatoms. The van der Waals surface area contributed by atoms with Gasteiger partial charge in [-0.05, 0) is 43.2 Å². The van der Waals surface area contributed by atoms with Gasteiger partial charge in [0.1, 0.15) is 18.1 Å². The molecule has 4 nitrogen and oxygen atoms in total. The normalized spacial score (nSPS) is 10.1. The first kappa shape index (κ1) is 15.9. The monoisotopic (exact) mass is 299 g/mol. The summed E-state index contributed by atoms with van der Waals surface area (Å²) < 4.78 is 11.0. The summed E-state index contributed by atoms with van der Waals surface area (Å²) in [7, 11) is 0. The lowest BCUT2D eigenvalue weighted by Crippen LogP contribution is -2.32. The van der Waals surface area contributed by atoms with Crippen LogP contribution in [0.3, 0.4) is 0 Å². The fourth-order valence-electron chi connectivity index (χ4n) is 1.93. The molecule has 22 heavy (non-hydrogen) atoms. The maximum atomic E-state index is 11.7. The van der Waals surface area contributed by atoms with Crippen LogP contribution in [0, 0.1) is 13.8 Å². The third kappa shape index (κ3) is 5.13. The Kier molecular flexibility index (Phi) is 5.83. The van der Waals surface area contributed by atoms with E-state index in [2.05, 4.69) is 5.32 Å². The van der Waals surface area contributed by atoms with Gasteiger partial charge in [0.15, 0.2) is 6.61 Å². The molecular weight excluding hydrogens is 278 g/mol. The average Bonchev–Trinajstić information content (AvgIpc) is 2.53. The van der Waals surface area contributed by atoms with E-state index < -0.39 is 0 Å². The first-order valence-corrected chi connectivity index (χ1v) is 7.30. The third-order valence-corrected chi connectivity index (χ3v) is 3.14. The summed E-state index contributed by atoms with van der Waals surface area (Å²) in [6.45, 7) is 4.84. The fourth-order valence-corrected chi connectivity index (χ4v) is 1.93. The molecule has 0 aliphatic carbocycles. The number of nitrogens with one attached hydrogen (secondary N) is 1. The Hall–Kier alpha value is -2.49. The molecule has 0 saturated heterocycles. The van der Waals surface area contributed by atoms with Crippen molar-refractivity contribution in [1.82, 2.24) is 5.32 Å². The van der Waals surface area contributed by atoms with Gasteiger partial charge in [0.2, 0.25) is 0 Å². The van der Waals surface area contributed by atoms with E-state index >= 15 is 0 Å². The van der Waals surface area contributed by atoms with Crippen molar-refractivity contribution in [3.05, 3.63) is 59.7 Å². The Balaban J connectivity index is 1.67. The SMILES string of the molecule is Cc1ccc(C)c(OCC(=O)NCCOc2ccccc2)c1. The summed E-state index contributed by atoms with van der Waals surface area (Å²) in [6, 6.07) is 15.4. The van der Waals surface area contributed by atoms with Crippen LogP contribution in [0.1, 0.15) is 11.1 Å². The van der Waals surface area contributed by atoms with E-state index in [1.807, 2.05) is 62.4 Å². The zero-order valence-corrected chi connectivity index (χ0v) is 13.0. The fraction of sp³-hybridized carbons (Fsp3) is 0.278. The second-order valence-electron chi connectivity index (χ2n) is 5.07. The van der Waals surface area contributed by atoms with E-state index in [0.29, 0.717) is 13.2 Å². The van der Waals surface area contributed by atoms with Gasteiger partial charge in [-0.2, -0.15) is 0 Å².